The molecule has 6 nitrogen and oxygen atoms in total. The van der Waals surface area contributed by atoms with E-state index in [1.54, 1.807) is 12.1 Å². The second-order valence-corrected chi connectivity index (χ2v) is 11.0. The van der Waals surface area contributed by atoms with Crippen LogP contribution in [0.2, 0.25) is 5.02 Å². The van der Waals surface area contributed by atoms with E-state index >= 15 is 0 Å². The highest BCUT2D eigenvalue weighted by atomic mass is 35.5. The molecule has 1 atom stereocenters. The Morgan fingerprint density at radius 2 is 1.67 bits per heavy atom. The van der Waals surface area contributed by atoms with Gasteiger partial charge in [-0.1, -0.05) is 41.9 Å². The summed E-state index contributed by atoms with van der Waals surface area (Å²) >= 11 is 6.26. The minimum absolute atomic E-state index is 0.00193. The molecule has 7 heteroatoms. The van der Waals surface area contributed by atoms with Gasteiger partial charge in [-0.3, -0.25) is 4.79 Å². The van der Waals surface area contributed by atoms with E-state index in [-0.39, 0.29) is 11.5 Å². The Morgan fingerprint density at radius 1 is 1.03 bits per heavy atom. The Bertz CT molecular complexity index is 1270. The summed E-state index contributed by atoms with van der Waals surface area (Å²) in [7, 11) is 0. The highest BCUT2D eigenvalue weighted by Gasteiger charge is 2.27. The first-order valence-corrected chi connectivity index (χ1v) is 14.0. The molecule has 0 saturated carbocycles. The lowest BCUT2D eigenvalue weighted by molar-refractivity contribution is 0.0696. The molecule has 4 rings (SSSR count). The van der Waals surface area contributed by atoms with Crippen molar-refractivity contribution in [3.05, 3.63) is 99.6 Å². The summed E-state index contributed by atoms with van der Waals surface area (Å²) in [4.78, 5) is 29.0. The van der Waals surface area contributed by atoms with E-state index in [2.05, 4.69) is 28.1 Å². The summed E-state index contributed by atoms with van der Waals surface area (Å²) in [5, 5.41) is 13.2. The number of nitrogens with zero attached hydrogens (tertiary/aromatic N) is 2. The standard InChI is InChI=1S/C32H38ClN3O3/c1-22-6-4-7-23(2)30(22)31(37)34-17-14-24(3)35-18-15-29(16-19-35)36(21-25-8-5-9-27(33)20-25)28-12-10-26(11-13-28)32(38)39/h4-13,20,24,29H,14-19,21H2,1-3H3,(H,34,37)(H,38,39). The smallest absolute Gasteiger partial charge is 0.335 e. The van der Waals surface area contributed by atoms with Crippen LogP contribution in [-0.2, 0) is 6.54 Å². The van der Waals surface area contributed by atoms with Crippen LogP contribution in [0.1, 0.15) is 63.6 Å². The molecule has 39 heavy (non-hydrogen) atoms. The van der Waals surface area contributed by atoms with Gasteiger partial charge in [-0.2, -0.15) is 0 Å². The van der Waals surface area contributed by atoms with Crippen LogP contribution in [0.15, 0.2) is 66.7 Å². The number of likely N-dealkylation sites (tertiary alicyclic amines) is 1. The number of carboxylic acids is 1. The fraction of sp³-hybridized carbons (Fsp3) is 0.375. The number of carbonyl (C=O) groups is 2. The number of aryl methyl sites for hydroxylation is 2. The van der Waals surface area contributed by atoms with Gasteiger partial charge in [-0.25, -0.2) is 4.79 Å². The molecular formula is C32H38ClN3O3. The number of rotatable bonds is 10. The number of carboxylic acid groups (broad SMARTS) is 1. The predicted molar refractivity (Wildman–Crippen MR) is 158 cm³/mol. The molecule has 2 N–H and O–H groups in total. The number of nitrogens with one attached hydrogen (secondary N) is 1. The largest absolute Gasteiger partial charge is 0.478 e. The number of amides is 1. The van der Waals surface area contributed by atoms with Crippen molar-refractivity contribution in [2.24, 2.45) is 0 Å². The molecule has 0 aromatic heterocycles. The lowest BCUT2D eigenvalue weighted by atomic mass is 9.99. The maximum absolute atomic E-state index is 12.8. The summed E-state index contributed by atoms with van der Waals surface area (Å²) in [5.74, 6) is -0.919. The Morgan fingerprint density at radius 3 is 2.28 bits per heavy atom. The van der Waals surface area contributed by atoms with Gasteiger partial charge in [0.1, 0.15) is 0 Å². The first-order valence-electron chi connectivity index (χ1n) is 13.7. The number of anilines is 1. The average molecular weight is 548 g/mol. The summed E-state index contributed by atoms with van der Waals surface area (Å²) < 4.78 is 0. The molecule has 0 radical (unpaired) electrons. The van der Waals surface area contributed by atoms with E-state index in [0.717, 1.165) is 60.3 Å². The normalized spacial score (nSPS) is 15.1. The van der Waals surface area contributed by atoms with Crippen LogP contribution < -0.4 is 10.2 Å². The zero-order valence-corrected chi connectivity index (χ0v) is 23.7. The number of hydrogen-bond donors (Lipinski definition) is 2. The van der Waals surface area contributed by atoms with Crippen molar-refractivity contribution in [3.63, 3.8) is 0 Å². The third-order valence-corrected chi connectivity index (χ3v) is 8.04. The molecule has 3 aromatic carbocycles. The molecule has 1 aliphatic heterocycles. The number of aromatic carboxylic acids is 1. The number of halogens is 1. The highest BCUT2D eigenvalue weighted by molar-refractivity contribution is 6.30. The fourth-order valence-corrected chi connectivity index (χ4v) is 5.75. The van der Waals surface area contributed by atoms with Crippen LogP contribution in [0, 0.1) is 13.8 Å². The van der Waals surface area contributed by atoms with E-state index in [0.29, 0.717) is 30.2 Å². The SMILES string of the molecule is Cc1cccc(C)c1C(=O)NCCC(C)N1CCC(N(Cc2cccc(Cl)c2)c2ccc(C(=O)O)cc2)CC1. The summed E-state index contributed by atoms with van der Waals surface area (Å²) in [6.45, 7) is 9.48. The molecular weight excluding hydrogens is 510 g/mol. The van der Waals surface area contributed by atoms with Gasteiger partial charge in [0.25, 0.3) is 5.91 Å². The van der Waals surface area contributed by atoms with Gasteiger partial charge in [0, 0.05) is 54.5 Å². The van der Waals surface area contributed by atoms with E-state index in [1.807, 2.05) is 62.4 Å². The topological polar surface area (TPSA) is 72.9 Å². The first-order chi connectivity index (χ1) is 18.7. The predicted octanol–water partition coefficient (Wildman–Crippen LogP) is 6.33. The van der Waals surface area contributed by atoms with E-state index < -0.39 is 5.97 Å². The Balaban J connectivity index is 1.35. The molecule has 3 aromatic rings. The number of hydrogen-bond acceptors (Lipinski definition) is 4. The van der Waals surface area contributed by atoms with Crippen LogP contribution in [0.25, 0.3) is 0 Å². The van der Waals surface area contributed by atoms with Crippen molar-refractivity contribution < 1.29 is 14.7 Å². The molecule has 1 fully saturated rings. The second kappa shape index (κ2) is 13.1. The molecule has 206 valence electrons. The van der Waals surface area contributed by atoms with Crippen molar-refractivity contribution in [2.75, 3.05) is 24.5 Å². The molecule has 0 spiro atoms. The van der Waals surface area contributed by atoms with Gasteiger partial charge in [0.05, 0.1) is 5.56 Å². The van der Waals surface area contributed by atoms with E-state index in [9.17, 15) is 14.7 Å². The monoisotopic (exact) mass is 547 g/mol. The van der Waals surface area contributed by atoms with E-state index in [4.69, 9.17) is 11.6 Å². The average Bonchev–Trinajstić information content (AvgIpc) is 2.92. The number of benzene rings is 3. The minimum atomic E-state index is -0.921. The van der Waals surface area contributed by atoms with Crippen molar-refractivity contribution >= 4 is 29.2 Å². The fourth-order valence-electron chi connectivity index (χ4n) is 5.54. The van der Waals surface area contributed by atoms with Gasteiger partial charge in [0.2, 0.25) is 0 Å². The van der Waals surface area contributed by atoms with Crippen LogP contribution in [0.5, 0.6) is 0 Å². The zero-order chi connectivity index (χ0) is 27.9. The van der Waals surface area contributed by atoms with Crippen molar-refractivity contribution in [2.45, 2.75) is 58.7 Å². The molecule has 1 heterocycles. The maximum atomic E-state index is 12.8. The minimum Gasteiger partial charge on any atom is -0.478 e. The maximum Gasteiger partial charge on any atom is 0.335 e. The number of carbonyl (C=O) groups excluding carboxylic acids is 1. The molecule has 1 aliphatic rings. The van der Waals surface area contributed by atoms with E-state index in [1.165, 1.54) is 0 Å². The summed E-state index contributed by atoms with van der Waals surface area (Å²) in [5.41, 5.74) is 5.21. The first kappa shape index (κ1) is 28.7. The Labute approximate surface area is 236 Å². The van der Waals surface area contributed by atoms with Gasteiger partial charge < -0.3 is 20.2 Å². The van der Waals surface area contributed by atoms with Crippen LogP contribution in [-0.4, -0.2) is 53.6 Å². The quantitative estimate of drug-likeness (QED) is 0.310. The van der Waals surface area contributed by atoms with Crippen LogP contribution >= 0.6 is 11.6 Å². The lowest BCUT2D eigenvalue weighted by Crippen LogP contribution is -2.48. The Hall–Kier alpha value is -3.35. The second-order valence-electron chi connectivity index (χ2n) is 10.5. The van der Waals surface area contributed by atoms with Gasteiger partial charge in [-0.15, -0.1) is 0 Å². The molecule has 1 amide bonds. The molecule has 0 aliphatic carbocycles. The van der Waals surface area contributed by atoms with Crippen LogP contribution in [0.4, 0.5) is 5.69 Å². The van der Waals surface area contributed by atoms with Crippen molar-refractivity contribution in [3.8, 4) is 0 Å². The molecule has 1 unspecified atom stereocenters. The van der Waals surface area contributed by atoms with Gasteiger partial charge in [0.15, 0.2) is 0 Å². The highest BCUT2D eigenvalue weighted by Crippen LogP contribution is 2.28. The van der Waals surface area contributed by atoms with Crippen LogP contribution in [0.3, 0.4) is 0 Å². The van der Waals surface area contributed by atoms with Crippen molar-refractivity contribution in [1.29, 1.82) is 0 Å². The van der Waals surface area contributed by atoms with Gasteiger partial charge >= 0.3 is 5.97 Å². The molecule has 1 saturated heterocycles. The number of piperidine rings is 1. The zero-order valence-electron chi connectivity index (χ0n) is 23.0. The summed E-state index contributed by atoms with van der Waals surface area (Å²) in [6.07, 6.45) is 2.89. The van der Waals surface area contributed by atoms with Crippen molar-refractivity contribution in [1.82, 2.24) is 10.2 Å². The Kier molecular flexibility index (Phi) is 9.65. The third-order valence-electron chi connectivity index (χ3n) is 7.81. The van der Waals surface area contributed by atoms with Gasteiger partial charge in [-0.05, 0) is 93.1 Å². The lowest BCUT2D eigenvalue weighted by Gasteiger charge is -2.42. The third kappa shape index (κ3) is 7.40. The molecule has 0 bridgehead atoms. The summed E-state index contributed by atoms with van der Waals surface area (Å²) in [6, 6.07) is 21.7.